The number of nitrogens with zero attached hydrogens (tertiary/aromatic N) is 2. The zero-order valence-corrected chi connectivity index (χ0v) is 14.0. The maximum atomic E-state index is 12.3. The van der Waals surface area contributed by atoms with Crippen molar-refractivity contribution in [3.05, 3.63) is 52.4 Å². The standard InChI is InChI=1S/C16H17Cl2N3O2/c17-12-3-4-14(18)15(10-12)19-16(22)21-7-5-20(6-8-21)11-13-2-1-9-23-13/h1-4,9-10H,5-8,11H2,(H,19,22). The normalized spacial score (nSPS) is 15.7. The van der Waals surface area contributed by atoms with Crippen molar-refractivity contribution in [1.29, 1.82) is 0 Å². The fourth-order valence-electron chi connectivity index (χ4n) is 2.52. The molecule has 0 radical (unpaired) electrons. The highest BCUT2D eigenvalue weighted by Gasteiger charge is 2.22. The molecule has 2 heterocycles. The van der Waals surface area contributed by atoms with Crippen LogP contribution in [0.25, 0.3) is 0 Å². The molecule has 1 aliphatic heterocycles. The summed E-state index contributed by atoms with van der Waals surface area (Å²) in [4.78, 5) is 16.4. The van der Waals surface area contributed by atoms with Gasteiger partial charge in [0, 0.05) is 31.2 Å². The molecule has 122 valence electrons. The van der Waals surface area contributed by atoms with Gasteiger partial charge in [0.1, 0.15) is 5.76 Å². The first-order valence-electron chi connectivity index (χ1n) is 7.37. The minimum Gasteiger partial charge on any atom is -0.468 e. The zero-order valence-electron chi connectivity index (χ0n) is 12.5. The summed E-state index contributed by atoms with van der Waals surface area (Å²) in [6, 6.07) is 8.68. The Labute approximate surface area is 144 Å². The molecule has 1 aliphatic rings. The van der Waals surface area contributed by atoms with E-state index in [1.54, 1.807) is 29.4 Å². The first kappa shape index (κ1) is 16.2. The Morgan fingerprint density at radius 2 is 1.96 bits per heavy atom. The van der Waals surface area contributed by atoms with E-state index in [-0.39, 0.29) is 6.03 Å². The van der Waals surface area contributed by atoms with Gasteiger partial charge in [-0.05, 0) is 30.3 Å². The topological polar surface area (TPSA) is 48.7 Å². The fraction of sp³-hybridized carbons (Fsp3) is 0.312. The van der Waals surface area contributed by atoms with Crippen LogP contribution < -0.4 is 5.32 Å². The highest BCUT2D eigenvalue weighted by atomic mass is 35.5. The monoisotopic (exact) mass is 353 g/mol. The lowest BCUT2D eigenvalue weighted by atomic mass is 10.3. The van der Waals surface area contributed by atoms with Gasteiger partial charge < -0.3 is 14.6 Å². The second-order valence-corrected chi connectivity index (χ2v) is 6.24. The fourth-order valence-corrected chi connectivity index (χ4v) is 2.86. The second-order valence-electron chi connectivity index (χ2n) is 5.40. The summed E-state index contributed by atoms with van der Waals surface area (Å²) in [5, 5.41) is 3.82. The van der Waals surface area contributed by atoms with Gasteiger partial charge in [-0.25, -0.2) is 4.79 Å². The zero-order chi connectivity index (χ0) is 16.2. The molecule has 2 amide bonds. The van der Waals surface area contributed by atoms with Crippen LogP contribution in [0, 0.1) is 0 Å². The van der Waals surface area contributed by atoms with Crippen molar-refractivity contribution in [2.75, 3.05) is 31.5 Å². The molecule has 2 aromatic rings. The van der Waals surface area contributed by atoms with Crippen LogP contribution in [0.15, 0.2) is 41.0 Å². The van der Waals surface area contributed by atoms with Crippen LogP contribution in [-0.4, -0.2) is 42.0 Å². The molecule has 23 heavy (non-hydrogen) atoms. The third-order valence-corrected chi connectivity index (χ3v) is 4.35. The number of piperazine rings is 1. The average molecular weight is 354 g/mol. The molecule has 1 N–H and O–H groups in total. The first-order valence-corrected chi connectivity index (χ1v) is 8.13. The van der Waals surface area contributed by atoms with Crippen LogP contribution in [0.5, 0.6) is 0 Å². The number of furan rings is 1. The van der Waals surface area contributed by atoms with Crippen LogP contribution in [0.1, 0.15) is 5.76 Å². The van der Waals surface area contributed by atoms with Crippen LogP contribution in [0.4, 0.5) is 10.5 Å². The van der Waals surface area contributed by atoms with Crippen LogP contribution in [0.2, 0.25) is 10.0 Å². The number of nitrogens with one attached hydrogen (secondary N) is 1. The lowest BCUT2D eigenvalue weighted by molar-refractivity contribution is 0.137. The van der Waals surface area contributed by atoms with E-state index in [0.29, 0.717) is 28.8 Å². The number of hydrogen-bond donors (Lipinski definition) is 1. The SMILES string of the molecule is O=C(Nc1cc(Cl)ccc1Cl)N1CCN(Cc2ccco2)CC1. The van der Waals surface area contributed by atoms with Gasteiger partial charge in [0.2, 0.25) is 0 Å². The molecule has 7 heteroatoms. The van der Waals surface area contributed by atoms with Crippen LogP contribution in [-0.2, 0) is 6.54 Å². The molecular weight excluding hydrogens is 337 g/mol. The highest BCUT2D eigenvalue weighted by molar-refractivity contribution is 6.35. The van der Waals surface area contributed by atoms with Crippen LogP contribution >= 0.6 is 23.2 Å². The number of amides is 2. The van der Waals surface area contributed by atoms with E-state index in [1.165, 1.54) is 0 Å². The van der Waals surface area contributed by atoms with Crippen molar-refractivity contribution in [3.63, 3.8) is 0 Å². The predicted molar refractivity (Wildman–Crippen MR) is 91.0 cm³/mol. The summed E-state index contributed by atoms with van der Waals surface area (Å²) < 4.78 is 5.35. The maximum absolute atomic E-state index is 12.3. The van der Waals surface area contributed by atoms with Crippen molar-refractivity contribution < 1.29 is 9.21 Å². The number of anilines is 1. The van der Waals surface area contributed by atoms with Gasteiger partial charge in [-0.2, -0.15) is 0 Å². The molecule has 1 aromatic heterocycles. The number of halogens is 2. The van der Waals surface area contributed by atoms with Crippen LogP contribution in [0.3, 0.4) is 0 Å². The van der Waals surface area contributed by atoms with E-state index in [9.17, 15) is 4.79 Å². The Kier molecular flexibility index (Phi) is 5.10. The van der Waals surface area contributed by atoms with E-state index >= 15 is 0 Å². The second kappa shape index (κ2) is 7.25. The Bertz CT molecular complexity index is 668. The van der Waals surface area contributed by atoms with Crippen molar-refractivity contribution in [3.8, 4) is 0 Å². The summed E-state index contributed by atoms with van der Waals surface area (Å²) >= 11 is 12.0. The molecular formula is C16H17Cl2N3O2. The Hall–Kier alpha value is -1.69. The molecule has 1 aromatic carbocycles. The molecule has 0 unspecified atom stereocenters. The molecule has 1 fully saturated rings. The van der Waals surface area contributed by atoms with Crippen molar-refractivity contribution in [1.82, 2.24) is 9.80 Å². The van der Waals surface area contributed by atoms with Gasteiger partial charge in [0.25, 0.3) is 0 Å². The Balaban J connectivity index is 1.53. The van der Waals surface area contributed by atoms with E-state index in [1.807, 2.05) is 12.1 Å². The first-order chi connectivity index (χ1) is 11.1. The largest absolute Gasteiger partial charge is 0.468 e. The quantitative estimate of drug-likeness (QED) is 0.909. The van der Waals surface area contributed by atoms with E-state index in [4.69, 9.17) is 27.6 Å². The number of urea groups is 1. The van der Waals surface area contributed by atoms with Crippen molar-refractivity contribution in [2.45, 2.75) is 6.54 Å². The number of hydrogen-bond acceptors (Lipinski definition) is 3. The van der Waals surface area contributed by atoms with Gasteiger partial charge >= 0.3 is 6.03 Å². The van der Waals surface area contributed by atoms with E-state index < -0.39 is 0 Å². The minimum atomic E-state index is -0.160. The number of carbonyl (C=O) groups is 1. The summed E-state index contributed by atoms with van der Waals surface area (Å²) in [5.74, 6) is 0.939. The molecule has 0 aliphatic carbocycles. The lowest BCUT2D eigenvalue weighted by Crippen LogP contribution is -2.49. The van der Waals surface area contributed by atoms with Crippen molar-refractivity contribution >= 4 is 34.9 Å². The lowest BCUT2D eigenvalue weighted by Gasteiger charge is -2.34. The number of rotatable bonds is 3. The third kappa shape index (κ3) is 4.19. The van der Waals surface area contributed by atoms with Gasteiger partial charge in [0.05, 0.1) is 23.5 Å². The van der Waals surface area contributed by atoms with Gasteiger partial charge in [-0.15, -0.1) is 0 Å². The number of benzene rings is 1. The molecule has 0 atom stereocenters. The maximum Gasteiger partial charge on any atom is 0.321 e. The molecule has 3 rings (SSSR count). The van der Waals surface area contributed by atoms with Gasteiger partial charge in [-0.3, -0.25) is 4.90 Å². The third-order valence-electron chi connectivity index (χ3n) is 3.79. The molecule has 1 saturated heterocycles. The Morgan fingerprint density at radius 1 is 1.17 bits per heavy atom. The minimum absolute atomic E-state index is 0.160. The summed E-state index contributed by atoms with van der Waals surface area (Å²) in [6.45, 7) is 3.69. The summed E-state index contributed by atoms with van der Waals surface area (Å²) in [6.07, 6.45) is 1.67. The molecule has 0 saturated carbocycles. The smallest absolute Gasteiger partial charge is 0.321 e. The number of carbonyl (C=O) groups excluding carboxylic acids is 1. The van der Waals surface area contributed by atoms with Gasteiger partial charge in [0.15, 0.2) is 0 Å². The van der Waals surface area contributed by atoms with E-state index in [0.717, 1.165) is 25.4 Å². The predicted octanol–water partition coefficient (Wildman–Crippen LogP) is 3.94. The van der Waals surface area contributed by atoms with E-state index in [2.05, 4.69) is 10.2 Å². The highest BCUT2D eigenvalue weighted by Crippen LogP contribution is 2.25. The average Bonchev–Trinajstić information content (AvgIpc) is 3.04. The Morgan fingerprint density at radius 3 is 2.65 bits per heavy atom. The molecule has 0 bridgehead atoms. The van der Waals surface area contributed by atoms with Gasteiger partial charge in [-0.1, -0.05) is 23.2 Å². The summed E-state index contributed by atoms with van der Waals surface area (Å²) in [5.41, 5.74) is 0.530. The summed E-state index contributed by atoms with van der Waals surface area (Å²) in [7, 11) is 0. The molecule has 0 spiro atoms. The molecule has 5 nitrogen and oxygen atoms in total. The van der Waals surface area contributed by atoms with Crippen molar-refractivity contribution in [2.24, 2.45) is 0 Å².